The number of ketones is 1. The van der Waals surface area contributed by atoms with E-state index in [1.165, 1.54) is 6.07 Å². The maximum Gasteiger partial charge on any atom is 0.184 e. The van der Waals surface area contributed by atoms with E-state index in [4.69, 9.17) is 5.73 Å². The maximum atomic E-state index is 13.6. The highest BCUT2D eigenvalue weighted by Gasteiger charge is 2.37. The fourth-order valence-corrected chi connectivity index (χ4v) is 3.87. The third-order valence-electron chi connectivity index (χ3n) is 3.76. The van der Waals surface area contributed by atoms with Gasteiger partial charge in [0.15, 0.2) is 5.78 Å². The number of anilines is 1. The van der Waals surface area contributed by atoms with Crippen molar-refractivity contribution < 1.29 is 9.18 Å². The summed E-state index contributed by atoms with van der Waals surface area (Å²) < 4.78 is 13.6. The lowest BCUT2D eigenvalue weighted by atomic mass is 9.97. The van der Waals surface area contributed by atoms with Crippen molar-refractivity contribution in [3.05, 3.63) is 23.0 Å². The van der Waals surface area contributed by atoms with Crippen LogP contribution in [0.2, 0.25) is 0 Å². The van der Waals surface area contributed by atoms with Crippen LogP contribution in [-0.4, -0.2) is 35.6 Å². The van der Waals surface area contributed by atoms with Gasteiger partial charge in [-0.2, -0.15) is 0 Å². The highest BCUT2D eigenvalue weighted by molar-refractivity contribution is 7.99. The summed E-state index contributed by atoms with van der Waals surface area (Å²) in [5, 5.41) is 0. The van der Waals surface area contributed by atoms with Crippen LogP contribution in [-0.2, 0) is 0 Å². The Balaban J connectivity index is 2.05. The van der Waals surface area contributed by atoms with Gasteiger partial charge in [-0.1, -0.05) is 0 Å². The third kappa shape index (κ3) is 1.65. The van der Waals surface area contributed by atoms with E-state index in [1.807, 2.05) is 0 Å². The van der Waals surface area contributed by atoms with E-state index in [0.29, 0.717) is 16.9 Å². The van der Waals surface area contributed by atoms with Gasteiger partial charge >= 0.3 is 0 Å². The quantitative estimate of drug-likeness (QED) is 0.791. The van der Waals surface area contributed by atoms with Crippen molar-refractivity contribution >= 4 is 23.2 Å². The summed E-state index contributed by atoms with van der Waals surface area (Å²) in [6.07, 6.45) is 1.15. The fraction of sp³-hybridized carbons (Fsp3) is 0.462. The summed E-state index contributed by atoms with van der Waals surface area (Å²) in [7, 11) is 0. The summed E-state index contributed by atoms with van der Waals surface area (Å²) in [4.78, 5) is 15.4. The molecular formula is C13H15FN2OS. The highest BCUT2D eigenvalue weighted by Crippen LogP contribution is 2.39. The molecule has 1 atom stereocenters. The average Bonchev–Trinajstić information content (AvgIpc) is 2.26. The number of carbonyl (C=O) groups is 1. The number of nitrogens with zero attached hydrogens (tertiary/aromatic N) is 1. The molecule has 0 saturated carbocycles. The first-order valence-electron chi connectivity index (χ1n) is 6.09. The van der Waals surface area contributed by atoms with Gasteiger partial charge < -0.3 is 5.73 Å². The zero-order valence-corrected chi connectivity index (χ0v) is 11.0. The van der Waals surface area contributed by atoms with E-state index in [1.54, 1.807) is 18.7 Å². The lowest BCUT2D eigenvalue weighted by molar-refractivity contribution is 0.0728. The minimum atomic E-state index is -0.325. The number of rotatable bonds is 1. The summed E-state index contributed by atoms with van der Waals surface area (Å²) in [5.74, 6) is 0.438. The number of nitrogens with two attached hydrogens (primary N) is 1. The van der Waals surface area contributed by atoms with Crippen molar-refractivity contribution in [1.82, 2.24) is 4.90 Å². The molecule has 5 heteroatoms. The van der Waals surface area contributed by atoms with Crippen LogP contribution in [0.4, 0.5) is 10.1 Å². The topological polar surface area (TPSA) is 46.3 Å². The number of benzene rings is 1. The Morgan fingerprint density at radius 2 is 2.22 bits per heavy atom. The second kappa shape index (κ2) is 4.24. The number of fused-ring (bicyclic) bond motifs is 1. The Morgan fingerprint density at radius 1 is 1.50 bits per heavy atom. The van der Waals surface area contributed by atoms with Crippen molar-refractivity contribution in [3.63, 3.8) is 0 Å². The summed E-state index contributed by atoms with van der Waals surface area (Å²) >= 11 is 1.55. The molecule has 2 aliphatic rings. The molecule has 1 aromatic carbocycles. The summed E-state index contributed by atoms with van der Waals surface area (Å²) in [6, 6.07) is 1.19. The predicted octanol–water partition coefficient (Wildman–Crippen LogP) is 2.08. The second-order valence-corrected chi connectivity index (χ2v) is 5.89. The van der Waals surface area contributed by atoms with E-state index in [0.717, 1.165) is 24.4 Å². The smallest absolute Gasteiger partial charge is 0.184 e. The number of carbonyl (C=O) groups excluding carboxylic acids is 1. The van der Waals surface area contributed by atoms with Crippen molar-refractivity contribution in [2.24, 2.45) is 0 Å². The van der Waals surface area contributed by atoms with E-state index >= 15 is 0 Å². The highest BCUT2D eigenvalue weighted by atomic mass is 32.2. The number of thioether (sulfide) groups is 1. The molecule has 0 spiro atoms. The van der Waals surface area contributed by atoms with Crippen LogP contribution in [0.1, 0.15) is 22.3 Å². The largest absolute Gasteiger partial charge is 0.398 e. The van der Waals surface area contributed by atoms with E-state index < -0.39 is 0 Å². The van der Waals surface area contributed by atoms with Crippen LogP contribution in [0, 0.1) is 12.7 Å². The molecule has 2 aliphatic heterocycles. The number of nitrogen functional groups attached to an aromatic ring is 1. The van der Waals surface area contributed by atoms with Crippen LogP contribution in [0.3, 0.4) is 0 Å². The van der Waals surface area contributed by atoms with Gasteiger partial charge in [0.05, 0.1) is 11.6 Å². The summed E-state index contributed by atoms with van der Waals surface area (Å²) in [6.45, 7) is 3.66. The van der Waals surface area contributed by atoms with Gasteiger partial charge in [-0.3, -0.25) is 9.69 Å². The Labute approximate surface area is 110 Å². The van der Waals surface area contributed by atoms with Crippen LogP contribution < -0.4 is 5.73 Å². The molecule has 1 saturated heterocycles. The first kappa shape index (κ1) is 12.0. The molecule has 96 valence electrons. The number of hydrogen-bond acceptors (Lipinski definition) is 4. The monoisotopic (exact) mass is 266 g/mol. The van der Waals surface area contributed by atoms with Crippen LogP contribution in [0.15, 0.2) is 11.0 Å². The zero-order chi connectivity index (χ0) is 12.9. The molecule has 0 radical (unpaired) electrons. The molecule has 18 heavy (non-hydrogen) atoms. The van der Waals surface area contributed by atoms with Gasteiger partial charge in [-0.15, -0.1) is 11.8 Å². The Morgan fingerprint density at radius 3 is 2.83 bits per heavy atom. The number of hydrogen-bond donors (Lipinski definition) is 1. The lowest BCUT2D eigenvalue weighted by Gasteiger charge is -2.39. The Kier molecular flexibility index (Phi) is 2.83. The number of Topliss-reactive ketones (excluding diaryl/α,β-unsaturated/α-hetero) is 1. The molecule has 1 unspecified atom stereocenters. The molecule has 2 heterocycles. The predicted molar refractivity (Wildman–Crippen MR) is 70.6 cm³/mol. The molecule has 2 N–H and O–H groups in total. The third-order valence-corrected chi connectivity index (χ3v) is 5.04. The van der Waals surface area contributed by atoms with E-state index in [2.05, 4.69) is 4.90 Å². The van der Waals surface area contributed by atoms with Gasteiger partial charge in [0.1, 0.15) is 5.82 Å². The molecular weight excluding hydrogens is 251 g/mol. The molecule has 3 rings (SSSR count). The number of halogens is 1. The van der Waals surface area contributed by atoms with Crippen LogP contribution in [0.25, 0.3) is 0 Å². The lowest BCUT2D eigenvalue weighted by Crippen LogP contribution is -2.51. The van der Waals surface area contributed by atoms with Gasteiger partial charge in [0.25, 0.3) is 0 Å². The minimum Gasteiger partial charge on any atom is -0.398 e. The molecule has 3 nitrogen and oxygen atoms in total. The van der Waals surface area contributed by atoms with Crippen LogP contribution >= 0.6 is 11.8 Å². The fourth-order valence-electron chi connectivity index (χ4n) is 2.51. The van der Waals surface area contributed by atoms with Crippen molar-refractivity contribution in [3.8, 4) is 0 Å². The molecule has 1 aromatic rings. The van der Waals surface area contributed by atoms with Gasteiger partial charge in [0.2, 0.25) is 0 Å². The Hall–Kier alpha value is -1.07. The standard InChI is InChI=1S/C13H15FN2OS/c1-7-8(14)5-9(15)11-12(17)10(6-18-13(7)11)16-3-2-4-16/h5,10H,2-4,6,15H2,1H3. The second-order valence-electron chi connectivity index (χ2n) is 4.86. The van der Waals surface area contributed by atoms with Crippen molar-refractivity contribution in [2.75, 3.05) is 24.6 Å². The van der Waals surface area contributed by atoms with Crippen molar-refractivity contribution in [1.29, 1.82) is 0 Å². The van der Waals surface area contributed by atoms with Gasteiger partial charge in [-0.25, -0.2) is 4.39 Å². The SMILES string of the molecule is Cc1c(F)cc(N)c2c1SCC(N1CCC1)C2=O. The average molecular weight is 266 g/mol. The summed E-state index contributed by atoms with van der Waals surface area (Å²) in [5.41, 5.74) is 7.18. The van der Waals surface area contributed by atoms with E-state index in [-0.39, 0.29) is 23.3 Å². The molecule has 0 bridgehead atoms. The zero-order valence-electron chi connectivity index (χ0n) is 10.2. The number of likely N-dealkylation sites (tertiary alicyclic amines) is 1. The molecule has 1 fully saturated rings. The molecule has 0 aromatic heterocycles. The normalized spacial score (nSPS) is 23.7. The first-order chi connectivity index (χ1) is 8.59. The Bertz CT molecular complexity index is 528. The molecule has 0 amide bonds. The first-order valence-corrected chi connectivity index (χ1v) is 7.08. The van der Waals surface area contributed by atoms with Gasteiger partial charge in [-0.05, 0) is 25.0 Å². The minimum absolute atomic E-state index is 0.0593. The van der Waals surface area contributed by atoms with E-state index in [9.17, 15) is 9.18 Å². The maximum absolute atomic E-state index is 13.6. The van der Waals surface area contributed by atoms with Crippen LogP contribution in [0.5, 0.6) is 0 Å². The van der Waals surface area contributed by atoms with Crippen molar-refractivity contribution in [2.45, 2.75) is 24.3 Å². The molecule has 0 aliphatic carbocycles. The van der Waals surface area contributed by atoms with Gasteiger partial charge in [0, 0.05) is 29.4 Å².